The first-order chi connectivity index (χ1) is 16.5. The lowest BCUT2D eigenvalue weighted by molar-refractivity contribution is 0.0922. The molecule has 0 saturated heterocycles. The number of rotatable bonds is 8. The third kappa shape index (κ3) is 5.79. The number of nitrogens with one attached hydrogen (secondary N) is 1. The molecule has 1 saturated carbocycles. The van der Waals surface area contributed by atoms with E-state index in [4.69, 9.17) is 10.5 Å². The van der Waals surface area contributed by atoms with Gasteiger partial charge in [-0.2, -0.15) is 0 Å². The van der Waals surface area contributed by atoms with Crippen LogP contribution in [0, 0.1) is 5.82 Å². The molecule has 1 heterocycles. The second-order valence-corrected chi connectivity index (χ2v) is 8.67. The fraction of sp³-hybridized carbons (Fsp3) is 0.333. The van der Waals surface area contributed by atoms with E-state index in [-0.39, 0.29) is 30.1 Å². The lowest BCUT2D eigenvalue weighted by Crippen LogP contribution is -2.40. The van der Waals surface area contributed by atoms with Crippen molar-refractivity contribution in [3.05, 3.63) is 77.7 Å². The number of nitrogens with zero attached hydrogens (tertiary/aromatic N) is 1. The van der Waals surface area contributed by atoms with Gasteiger partial charge in [-0.05, 0) is 61.8 Å². The van der Waals surface area contributed by atoms with E-state index in [9.17, 15) is 14.3 Å². The van der Waals surface area contributed by atoms with E-state index in [0.717, 1.165) is 54.6 Å². The van der Waals surface area contributed by atoms with E-state index < -0.39 is 11.7 Å². The number of hydrogen-bond donors (Lipinski definition) is 3. The van der Waals surface area contributed by atoms with Crippen LogP contribution in [0.5, 0.6) is 11.6 Å². The normalized spacial score (nSPS) is 17.9. The number of pyridine rings is 1. The monoisotopic (exact) mass is 463 g/mol. The Balaban J connectivity index is 1.64. The van der Waals surface area contributed by atoms with Crippen molar-refractivity contribution in [2.24, 2.45) is 5.73 Å². The summed E-state index contributed by atoms with van der Waals surface area (Å²) in [5.41, 5.74) is 8.89. The molecule has 0 spiro atoms. The number of ether oxygens (including phenoxy) is 1. The second-order valence-electron chi connectivity index (χ2n) is 8.67. The first kappa shape index (κ1) is 23.9. The minimum Gasteiger partial charge on any atom is -0.438 e. The van der Waals surface area contributed by atoms with Crippen LogP contribution in [-0.2, 0) is 6.42 Å². The van der Waals surface area contributed by atoms with Crippen LogP contribution < -0.4 is 15.8 Å². The van der Waals surface area contributed by atoms with Gasteiger partial charge in [-0.15, -0.1) is 0 Å². The van der Waals surface area contributed by atoms with Crippen molar-refractivity contribution in [2.75, 3.05) is 6.61 Å². The Morgan fingerprint density at radius 3 is 2.62 bits per heavy atom. The van der Waals surface area contributed by atoms with Crippen molar-refractivity contribution in [1.29, 1.82) is 0 Å². The zero-order valence-corrected chi connectivity index (χ0v) is 19.0. The maximum atomic E-state index is 14.1. The van der Waals surface area contributed by atoms with Gasteiger partial charge in [0.15, 0.2) is 0 Å². The van der Waals surface area contributed by atoms with Gasteiger partial charge in [-0.1, -0.05) is 42.5 Å². The highest BCUT2D eigenvalue weighted by Crippen LogP contribution is 2.35. The molecular weight excluding hydrogens is 433 g/mol. The highest BCUT2D eigenvalue weighted by atomic mass is 19.1. The molecule has 6 nitrogen and oxygen atoms in total. The summed E-state index contributed by atoms with van der Waals surface area (Å²) < 4.78 is 20.2. The molecular formula is C27H30FN3O3. The number of aromatic nitrogens is 1. The summed E-state index contributed by atoms with van der Waals surface area (Å²) in [5.74, 6) is -0.464. The number of nitrogens with two attached hydrogens (primary N) is 1. The quantitative estimate of drug-likeness (QED) is 0.453. The van der Waals surface area contributed by atoms with Crippen molar-refractivity contribution in [2.45, 2.75) is 50.6 Å². The van der Waals surface area contributed by atoms with E-state index in [0.29, 0.717) is 18.6 Å². The van der Waals surface area contributed by atoms with Crippen molar-refractivity contribution >= 4 is 5.91 Å². The molecule has 1 aromatic heterocycles. The van der Waals surface area contributed by atoms with Crippen LogP contribution in [0.25, 0.3) is 11.1 Å². The Kier molecular flexibility index (Phi) is 7.87. The van der Waals surface area contributed by atoms with Gasteiger partial charge in [0.25, 0.3) is 5.91 Å². The SMILES string of the molecule is NC1CCC(NC(=O)c2cc(F)cnc2Oc2cccc(-c3ccccc3)c2CCCO)CC1. The van der Waals surface area contributed by atoms with E-state index in [1.54, 1.807) is 6.07 Å². The van der Waals surface area contributed by atoms with Crippen LogP contribution in [0.3, 0.4) is 0 Å². The molecule has 1 amide bonds. The smallest absolute Gasteiger partial charge is 0.257 e. The Morgan fingerprint density at radius 1 is 1.12 bits per heavy atom. The van der Waals surface area contributed by atoms with Gasteiger partial charge < -0.3 is 20.9 Å². The first-order valence-electron chi connectivity index (χ1n) is 11.7. The predicted molar refractivity (Wildman–Crippen MR) is 129 cm³/mol. The van der Waals surface area contributed by atoms with Crippen LogP contribution in [-0.4, -0.2) is 34.7 Å². The summed E-state index contributed by atoms with van der Waals surface area (Å²) >= 11 is 0. The number of carbonyl (C=O) groups is 1. The summed E-state index contributed by atoms with van der Waals surface area (Å²) in [6, 6.07) is 16.9. The van der Waals surface area contributed by atoms with Gasteiger partial charge in [-0.3, -0.25) is 4.79 Å². The first-order valence-corrected chi connectivity index (χ1v) is 11.7. The molecule has 4 rings (SSSR count). The number of carbonyl (C=O) groups excluding carboxylic acids is 1. The Morgan fingerprint density at radius 2 is 1.88 bits per heavy atom. The molecule has 0 atom stereocenters. The molecule has 0 aliphatic heterocycles. The number of amides is 1. The van der Waals surface area contributed by atoms with Crippen molar-refractivity contribution in [1.82, 2.24) is 10.3 Å². The minimum atomic E-state index is -0.610. The topological polar surface area (TPSA) is 97.5 Å². The lowest BCUT2D eigenvalue weighted by atomic mass is 9.91. The fourth-order valence-electron chi connectivity index (χ4n) is 4.36. The summed E-state index contributed by atoms with van der Waals surface area (Å²) in [6.07, 6.45) is 5.43. The average molecular weight is 464 g/mol. The molecule has 2 aromatic carbocycles. The summed E-state index contributed by atoms with van der Waals surface area (Å²) in [7, 11) is 0. The van der Waals surface area contributed by atoms with Gasteiger partial charge in [0.1, 0.15) is 17.1 Å². The van der Waals surface area contributed by atoms with Crippen LogP contribution in [0.4, 0.5) is 4.39 Å². The third-order valence-corrected chi connectivity index (χ3v) is 6.18. The van der Waals surface area contributed by atoms with E-state index >= 15 is 0 Å². The highest BCUT2D eigenvalue weighted by molar-refractivity contribution is 5.96. The van der Waals surface area contributed by atoms with Crippen LogP contribution >= 0.6 is 0 Å². The summed E-state index contributed by atoms with van der Waals surface area (Å²) in [4.78, 5) is 17.1. The summed E-state index contributed by atoms with van der Waals surface area (Å²) in [6.45, 7) is 0.0378. The lowest BCUT2D eigenvalue weighted by Gasteiger charge is -2.27. The largest absolute Gasteiger partial charge is 0.438 e. The zero-order chi connectivity index (χ0) is 23.9. The molecule has 4 N–H and O–H groups in total. The third-order valence-electron chi connectivity index (χ3n) is 6.18. The van der Waals surface area contributed by atoms with Crippen molar-refractivity contribution in [3.8, 4) is 22.8 Å². The Hall–Kier alpha value is -3.29. The Bertz CT molecular complexity index is 1120. The van der Waals surface area contributed by atoms with Gasteiger partial charge in [0.05, 0.1) is 6.20 Å². The van der Waals surface area contributed by atoms with Gasteiger partial charge in [0.2, 0.25) is 5.88 Å². The maximum Gasteiger partial charge on any atom is 0.257 e. The van der Waals surface area contributed by atoms with Gasteiger partial charge in [0, 0.05) is 24.3 Å². The van der Waals surface area contributed by atoms with E-state index in [1.165, 1.54) is 0 Å². The molecule has 1 aliphatic rings. The van der Waals surface area contributed by atoms with Gasteiger partial charge >= 0.3 is 0 Å². The average Bonchev–Trinajstić information content (AvgIpc) is 2.86. The van der Waals surface area contributed by atoms with Crippen molar-refractivity contribution < 1.29 is 19.0 Å². The van der Waals surface area contributed by atoms with Crippen LogP contribution in [0.2, 0.25) is 0 Å². The molecule has 34 heavy (non-hydrogen) atoms. The number of aliphatic hydroxyl groups is 1. The number of benzene rings is 2. The molecule has 0 unspecified atom stereocenters. The van der Waals surface area contributed by atoms with E-state index in [2.05, 4.69) is 10.3 Å². The zero-order valence-electron chi connectivity index (χ0n) is 19.0. The maximum absolute atomic E-state index is 14.1. The molecule has 3 aromatic rings. The number of hydrogen-bond acceptors (Lipinski definition) is 5. The standard InChI is InChI=1S/C27H30FN3O3/c28-19-16-24(26(33)31-21-13-11-20(29)12-14-21)27(30-17-19)34-25-10-4-8-22(23(25)9-5-15-32)18-6-2-1-3-7-18/h1-4,6-8,10,16-17,20-21,32H,5,9,11-15,29H2,(H,31,33). The summed E-state index contributed by atoms with van der Waals surface area (Å²) in [5, 5.41) is 12.4. The van der Waals surface area contributed by atoms with Crippen LogP contribution in [0.1, 0.15) is 48.0 Å². The minimum absolute atomic E-state index is 0.00931. The van der Waals surface area contributed by atoms with E-state index in [1.807, 2.05) is 42.5 Å². The highest BCUT2D eigenvalue weighted by Gasteiger charge is 2.24. The Labute approximate surface area is 199 Å². The number of halogens is 1. The molecule has 0 radical (unpaired) electrons. The number of aliphatic hydroxyl groups excluding tert-OH is 1. The second kappa shape index (κ2) is 11.2. The van der Waals surface area contributed by atoms with Crippen LogP contribution in [0.15, 0.2) is 60.8 Å². The molecule has 178 valence electrons. The fourth-order valence-corrected chi connectivity index (χ4v) is 4.36. The van der Waals surface area contributed by atoms with Gasteiger partial charge in [-0.25, -0.2) is 9.37 Å². The van der Waals surface area contributed by atoms with Crippen molar-refractivity contribution in [3.63, 3.8) is 0 Å². The molecule has 1 aliphatic carbocycles. The molecule has 1 fully saturated rings. The predicted octanol–water partition coefficient (Wildman–Crippen LogP) is 4.60. The molecule has 7 heteroatoms. The molecule has 0 bridgehead atoms.